The number of methoxy groups -OCH3 is 1. The van der Waals surface area contributed by atoms with Gasteiger partial charge in [-0.05, 0) is 17.7 Å². The fourth-order valence-electron chi connectivity index (χ4n) is 0.955. The first-order valence-electron chi connectivity index (χ1n) is 3.63. The maximum Gasteiger partial charge on any atom is 0.162 e. The molecule has 0 N–H and O–H groups in total. The van der Waals surface area contributed by atoms with Gasteiger partial charge in [-0.1, -0.05) is 23.7 Å². The summed E-state index contributed by atoms with van der Waals surface area (Å²) >= 11 is 5.41. The van der Waals surface area contributed by atoms with Crippen LogP contribution in [0.3, 0.4) is 0 Å². The van der Waals surface area contributed by atoms with Crippen LogP contribution in [0.25, 0.3) is 0 Å². The van der Waals surface area contributed by atoms with Gasteiger partial charge in [-0.2, -0.15) is 0 Å². The number of halogens is 1. The molecule has 1 aromatic carbocycles. The van der Waals surface area contributed by atoms with E-state index in [2.05, 4.69) is 0 Å². The molecular formula is C9H11ClO2. The topological polar surface area (TPSA) is 18.5 Å². The van der Waals surface area contributed by atoms with E-state index in [-0.39, 0.29) is 6.07 Å². The van der Waals surface area contributed by atoms with E-state index in [1.807, 2.05) is 24.3 Å². The van der Waals surface area contributed by atoms with E-state index in [1.54, 1.807) is 7.11 Å². The largest absolute Gasteiger partial charge is 0.478 e. The van der Waals surface area contributed by atoms with Crippen molar-refractivity contribution in [2.24, 2.45) is 0 Å². The van der Waals surface area contributed by atoms with E-state index in [1.165, 1.54) is 0 Å². The summed E-state index contributed by atoms with van der Waals surface area (Å²) in [5.74, 6) is 0.777. The van der Waals surface area contributed by atoms with E-state index in [4.69, 9.17) is 21.1 Å². The Kier molecular flexibility index (Phi) is 3.91. The quantitative estimate of drug-likeness (QED) is 0.673. The second-order valence-electron chi connectivity index (χ2n) is 2.33. The molecule has 0 atom stereocenters. The summed E-state index contributed by atoms with van der Waals surface area (Å²) in [6.07, 6.45) is 0. The fourth-order valence-corrected chi connectivity index (χ4v) is 1.08. The average Bonchev–Trinajstić information content (AvgIpc) is 2.06. The van der Waals surface area contributed by atoms with Crippen molar-refractivity contribution < 1.29 is 9.47 Å². The zero-order valence-corrected chi connectivity index (χ0v) is 7.67. The molecule has 3 heteroatoms. The lowest BCUT2D eigenvalue weighted by Crippen LogP contribution is -1.91. The van der Waals surface area contributed by atoms with Crippen LogP contribution in [-0.2, 0) is 11.3 Å². The molecule has 1 aromatic rings. The van der Waals surface area contributed by atoms with Crippen LogP contribution in [0.15, 0.2) is 24.3 Å². The van der Waals surface area contributed by atoms with Crippen LogP contribution in [0.5, 0.6) is 5.75 Å². The normalized spacial score (nSPS) is 9.83. The summed E-state index contributed by atoms with van der Waals surface area (Å²) in [6.45, 7) is 0.597. The first-order valence-corrected chi connectivity index (χ1v) is 4.17. The molecule has 66 valence electrons. The Labute approximate surface area is 77.1 Å². The summed E-state index contributed by atoms with van der Waals surface area (Å²) in [5, 5.41) is 0. The highest BCUT2D eigenvalue weighted by molar-refractivity contribution is 6.17. The Morgan fingerprint density at radius 1 is 1.42 bits per heavy atom. The number of hydrogen-bond donors (Lipinski definition) is 0. The molecule has 0 saturated carbocycles. The van der Waals surface area contributed by atoms with Crippen molar-refractivity contribution in [1.82, 2.24) is 0 Å². The second-order valence-corrected chi connectivity index (χ2v) is 2.55. The van der Waals surface area contributed by atoms with Crippen LogP contribution < -0.4 is 4.74 Å². The minimum Gasteiger partial charge on any atom is -0.478 e. The maximum atomic E-state index is 5.41. The van der Waals surface area contributed by atoms with Crippen molar-refractivity contribution >= 4 is 11.6 Å². The predicted molar refractivity (Wildman–Crippen MR) is 48.5 cm³/mol. The molecule has 0 spiro atoms. The van der Waals surface area contributed by atoms with E-state index in [0.29, 0.717) is 6.61 Å². The minimum absolute atomic E-state index is 0.177. The lowest BCUT2D eigenvalue weighted by atomic mass is 10.2. The maximum absolute atomic E-state index is 5.41. The highest BCUT2D eigenvalue weighted by atomic mass is 35.5. The standard InChI is InChI=1S/C9H11ClO2/c1-11-6-8-3-2-4-9(5-8)12-7-10/h2-5H,6-7H2,1H3. The monoisotopic (exact) mass is 186 g/mol. The van der Waals surface area contributed by atoms with Gasteiger partial charge in [-0.15, -0.1) is 0 Å². The molecule has 0 saturated heterocycles. The SMILES string of the molecule is COCc1cccc(OCCl)c1. The number of alkyl halides is 1. The van der Waals surface area contributed by atoms with Gasteiger partial charge in [-0.25, -0.2) is 0 Å². The predicted octanol–water partition coefficient (Wildman–Crippen LogP) is 2.41. The smallest absolute Gasteiger partial charge is 0.162 e. The third kappa shape index (κ3) is 2.72. The third-order valence-electron chi connectivity index (χ3n) is 1.43. The molecular weight excluding hydrogens is 176 g/mol. The number of rotatable bonds is 4. The highest BCUT2D eigenvalue weighted by Crippen LogP contribution is 2.13. The Morgan fingerprint density at radius 3 is 2.92 bits per heavy atom. The minimum atomic E-state index is 0.177. The zero-order valence-electron chi connectivity index (χ0n) is 6.92. The van der Waals surface area contributed by atoms with Crippen LogP contribution in [0.1, 0.15) is 5.56 Å². The van der Waals surface area contributed by atoms with Crippen molar-refractivity contribution in [3.8, 4) is 5.75 Å². The van der Waals surface area contributed by atoms with Gasteiger partial charge in [0.15, 0.2) is 6.07 Å². The molecule has 0 aliphatic carbocycles. The van der Waals surface area contributed by atoms with Gasteiger partial charge in [0.25, 0.3) is 0 Å². The van der Waals surface area contributed by atoms with Gasteiger partial charge in [0, 0.05) is 7.11 Å². The molecule has 0 radical (unpaired) electrons. The Balaban J connectivity index is 2.67. The number of ether oxygens (including phenoxy) is 2. The lowest BCUT2D eigenvalue weighted by molar-refractivity contribution is 0.184. The van der Waals surface area contributed by atoms with Gasteiger partial charge in [0.1, 0.15) is 5.75 Å². The Bertz CT molecular complexity index is 216. The molecule has 0 aromatic heterocycles. The third-order valence-corrected chi connectivity index (χ3v) is 1.54. The van der Waals surface area contributed by atoms with Gasteiger partial charge >= 0.3 is 0 Å². The van der Waals surface area contributed by atoms with Crippen molar-refractivity contribution in [2.75, 3.05) is 13.2 Å². The van der Waals surface area contributed by atoms with Crippen LogP contribution >= 0.6 is 11.6 Å². The van der Waals surface area contributed by atoms with E-state index >= 15 is 0 Å². The van der Waals surface area contributed by atoms with Gasteiger partial charge in [0.2, 0.25) is 0 Å². The van der Waals surface area contributed by atoms with Crippen molar-refractivity contribution in [1.29, 1.82) is 0 Å². The molecule has 0 heterocycles. The average molecular weight is 187 g/mol. The Hall–Kier alpha value is -0.730. The molecule has 0 bridgehead atoms. The van der Waals surface area contributed by atoms with Gasteiger partial charge in [0.05, 0.1) is 6.61 Å². The molecule has 2 nitrogen and oxygen atoms in total. The number of hydrogen-bond acceptors (Lipinski definition) is 2. The molecule has 0 amide bonds. The highest BCUT2D eigenvalue weighted by Gasteiger charge is 1.94. The van der Waals surface area contributed by atoms with Crippen LogP contribution in [0, 0.1) is 0 Å². The lowest BCUT2D eigenvalue weighted by Gasteiger charge is -2.03. The fraction of sp³-hybridized carbons (Fsp3) is 0.333. The molecule has 0 fully saturated rings. The molecule has 0 aliphatic heterocycles. The van der Waals surface area contributed by atoms with Gasteiger partial charge < -0.3 is 9.47 Å². The summed E-state index contributed by atoms with van der Waals surface area (Å²) < 4.78 is 10.1. The van der Waals surface area contributed by atoms with E-state index < -0.39 is 0 Å². The second kappa shape index (κ2) is 5.01. The first kappa shape index (κ1) is 9.36. The molecule has 1 rings (SSSR count). The van der Waals surface area contributed by atoms with E-state index in [0.717, 1.165) is 11.3 Å². The van der Waals surface area contributed by atoms with Gasteiger partial charge in [-0.3, -0.25) is 0 Å². The summed E-state index contributed by atoms with van der Waals surface area (Å²) in [4.78, 5) is 0. The van der Waals surface area contributed by atoms with Crippen LogP contribution in [0.2, 0.25) is 0 Å². The summed E-state index contributed by atoms with van der Waals surface area (Å²) in [5.41, 5.74) is 1.08. The van der Waals surface area contributed by atoms with Crippen LogP contribution in [-0.4, -0.2) is 13.2 Å². The zero-order chi connectivity index (χ0) is 8.81. The van der Waals surface area contributed by atoms with Crippen LogP contribution in [0.4, 0.5) is 0 Å². The van der Waals surface area contributed by atoms with Crippen molar-refractivity contribution in [2.45, 2.75) is 6.61 Å². The molecule has 0 unspecified atom stereocenters. The summed E-state index contributed by atoms with van der Waals surface area (Å²) in [6, 6.07) is 7.84. The molecule has 12 heavy (non-hydrogen) atoms. The molecule has 0 aliphatic rings. The van der Waals surface area contributed by atoms with Crippen molar-refractivity contribution in [3.63, 3.8) is 0 Å². The Morgan fingerprint density at radius 2 is 2.25 bits per heavy atom. The number of benzene rings is 1. The van der Waals surface area contributed by atoms with E-state index in [9.17, 15) is 0 Å². The first-order chi connectivity index (χ1) is 5.86. The van der Waals surface area contributed by atoms with Crippen molar-refractivity contribution in [3.05, 3.63) is 29.8 Å². The summed E-state index contributed by atoms with van der Waals surface area (Å²) in [7, 11) is 1.66.